The van der Waals surface area contributed by atoms with Crippen molar-refractivity contribution in [3.8, 4) is 0 Å². The summed E-state index contributed by atoms with van der Waals surface area (Å²) in [4.78, 5) is 0. The Morgan fingerprint density at radius 1 is 0.392 bits per heavy atom. The van der Waals surface area contributed by atoms with Gasteiger partial charge in [-0.05, 0) is 27.8 Å². The molecule has 6 rings (SSSR count). The van der Waals surface area contributed by atoms with Crippen molar-refractivity contribution in [2.45, 2.75) is 72.9 Å². The van der Waals surface area contributed by atoms with E-state index in [1.807, 2.05) is 152 Å². The van der Waals surface area contributed by atoms with Crippen molar-refractivity contribution in [1.82, 2.24) is 0 Å². The van der Waals surface area contributed by atoms with Crippen molar-refractivity contribution < 1.29 is 28.8 Å². The molecule has 6 nitrogen and oxygen atoms in total. The van der Waals surface area contributed by atoms with Gasteiger partial charge < -0.3 is 28.8 Å². The quantitative estimate of drug-likeness (QED) is 0.108. The Labute approximate surface area is 314 Å². The molecule has 1 N–H and O–H groups in total. The van der Waals surface area contributed by atoms with Gasteiger partial charge in [-0.1, -0.05) is 186 Å². The van der Waals surface area contributed by atoms with E-state index in [0.29, 0.717) is 0 Å². The minimum atomic E-state index is -2.33. The molecule has 1 aliphatic rings. The zero-order chi connectivity index (χ0) is 35.5. The van der Waals surface area contributed by atoms with E-state index in [0.717, 1.165) is 27.8 Å². The fraction of sp³-hybridized carbons (Fsp3) is 0.286. The molecule has 0 bridgehead atoms. The minimum Gasteiger partial charge on any atom is -0.380 e. The molecular weight excluding hydrogens is 707 g/mol. The molecule has 0 aliphatic heterocycles. The van der Waals surface area contributed by atoms with Gasteiger partial charge in [0.05, 0.1) is 33.0 Å². The third kappa shape index (κ3) is 9.59. The van der Waals surface area contributed by atoms with Crippen LogP contribution in [0.1, 0.15) is 27.8 Å². The lowest BCUT2D eigenvalue weighted by Crippen LogP contribution is -2.77. The van der Waals surface area contributed by atoms with Gasteiger partial charge in [-0.3, -0.25) is 0 Å². The second-order valence-corrected chi connectivity index (χ2v) is 14.8. The first-order valence-electron chi connectivity index (χ1n) is 16.9. The van der Waals surface area contributed by atoms with Crippen LogP contribution in [-0.4, -0.2) is 45.0 Å². The summed E-state index contributed by atoms with van der Waals surface area (Å²) >= 11 is 20.6. The number of ether oxygens (including phenoxy) is 5. The summed E-state index contributed by atoms with van der Waals surface area (Å²) in [6, 6.07) is 48.4. The highest BCUT2D eigenvalue weighted by Crippen LogP contribution is 2.51. The van der Waals surface area contributed by atoms with Crippen LogP contribution in [0.2, 0.25) is 0 Å². The fourth-order valence-electron chi connectivity index (χ4n) is 6.34. The zero-order valence-corrected chi connectivity index (χ0v) is 30.2. The summed E-state index contributed by atoms with van der Waals surface area (Å²) in [6.07, 6.45) is -5.35. The molecule has 1 aliphatic carbocycles. The standard InChI is InChI=1S/C42H41Cl3O6/c43-42(44,45)41(46)39(50-29-34-22-12-4-13-23-34)37(48-27-32-18-8-2-9-19-32)36(47-26-31-16-6-1-7-17-31)38(49-28-33-20-10-3-11-21-33)40(41)51-30-35-24-14-5-15-25-35/h1-25,36-40,46H,26-30H2/t36?,37-,38+,39+,40-,41?. The molecule has 0 amide bonds. The number of hydrogen-bond acceptors (Lipinski definition) is 6. The van der Waals surface area contributed by atoms with Gasteiger partial charge in [-0.2, -0.15) is 0 Å². The Bertz CT molecular complexity index is 1630. The molecule has 1 saturated carbocycles. The fourth-order valence-corrected chi connectivity index (χ4v) is 6.98. The van der Waals surface area contributed by atoms with Crippen LogP contribution in [0.15, 0.2) is 152 Å². The van der Waals surface area contributed by atoms with Gasteiger partial charge in [0.2, 0.25) is 3.79 Å². The first-order valence-corrected chi connectivity index (χ1v) is 18.0. The van der Waals surface area contributed by atoms with Crippen molar-refractivity contribution in [3.05, 3.63) is 179 Å². The van der Waals surface area contributed by atoms with Crippen molar-refractivity contribution in [1.29, 1.82) is 0 Å². The number of rotatable bonds is 15. The largest absolute Gasteiger partial charge is 0.380 e. The first kappa shape index (κ1) is 37.5. The third-order valence-electron chi connectivity index (χ3n) is 8.97. The molecule has 266 valence electrons. The highest BCUT2D eigenvalue weighted by atomic mass is 35.6. The monoisotopic (exact) mass is 746 g/mol. The SMILES string of the molecule is OC1(C(Cl)(Cl)Cl)[C@H](OCc2ccccc2)[C@@H](OCc2ccccc2)C(OCc2ccccc2)[C@@H](OCc2ccccc2)[C@@H]1OCc1ccccc1. The lowest BCUT2D eigenvalue weighted by molar-refractivity contribution is -0.315. The van der Waals surface area contributed by atoms with E-state index in [1.54, 1.807) is 0 Å². The summed E-state index contributed by atoms with van der Waals surface area (Å²) in [5.74, 6) is 0. The Morgan fingerprint density at radius 2 is 0.627 bits per heavy atom. The summed E-state index contributed by atoms with van der Waals surface area (Å²) in [5.41, 5.74) is 2.17. The molecule has 2 unspecified atom stereocenters. The van der Waals surface area contributed by atoms with Crippen LogP contribution >= 0.6 is 34.8 Å². The van der Waals surface area contributed by atoms with E-state index in [2.05, 4.69) is 0 Å². The van der Waals surface area contributed by atoms with Gasteiger partial charge in [-0.25, -0.2) is 0 Å². The highest BCUT2D eigenvalue weighted by molar-refractivity contribution is 6.68. The molecule has 0 radical (unpaired) electrons. The summed E-state index contributed by atoms with van der Waals surface area (Å²) in [6.45, 7) is 0.723. The molecule has 0 saturated heterocycles. The van der Waals surface area contributed by atoms with Crippen molar-refractivity contribution in [2.24, 2.45) is 0 Å². The Morgan fingerprint density at radius 3 is 0.882 bits per heavy atom. The number of benzene rings is 5. The Kier molecular flexibility index (Phi) is 13.2. The van der Waals surface area contributed by atoms with Gasteiger partial charge in [0, 0.05) is 0 Å². The molecule has 5 aromatic carbocycles. The Hall–Kier alpha value is -3.27. The van der Waals surface area contributed by atoms with Crippen LogP contribution in [0.5, 0.6) is 0 Å². The van der Waals surface area contributed by atoms with Gasteiger partial charge in [0.15, 0.2) is 5.60 Å². The van der Waals surface area contributed by atoms with Crippen LogP contribution in [0.4, 0.5) is 0 Å². The number of aliphatic hydroxyl groups is 1. The maximum atomic E-state index is 13.1. The Balaban J connectivity index is 1.46. The second kappa shape index (κ2) is 18.0. The van der Waals surface area contributed by atoms with E-state index in [-0.39, 0.29) is 33.0 Å². The summed E-state index contributed by atoms with van der Waals surface area (Å²) < 4.78 is 31.2. The van der Waals surface area contributed by atoms with Crippen molar-refractivity contribution >= 4 is 34.8 Å². The summed E-state index contributed by atoms with van der Waals surface area (Å²) in [7, 11) is 0. The maximum Gasteiger partial charge on any atom is 0.224 e. The van der Waals surface area contributed by atoms with Crippen LogP contribution in [0.25, 0.3) is 0 Å². The second-order valence-electron chi connectivity index (χ2n) is 12.5. The lowest BCUT2D eigenvalue weighted by atomic mass is 9.74. The van der Waals surface area contributed by atoms with Crippen LogP contribution in [0, 0.1) is 0 Å². The van der Waals surface area contributed by atoms with Gasteiger partial charge in [-0.15, -0.1) is 0 Å². The van der Waals surface area contributed by atoms with E-state index >= 15 is 0 Å². The molecule has 9 heteroatoms. The minimum absolute atomic E-state index is 0.0894. The highest BCUT2D eigenvalue weighted by Gasteiger charge is 2.69. The molecule has 0 aromatic heterocycles. The average Bonchev–Trinajstić information content (AvgIpc) is 3.16. The third-order valence-corrected chi connectivity index (χ3v) is 9.87. The van der Waals surface area contributed by atoms with E-state index in [1.165, 1.54) is 0 Å². The molecule has 5 aromatic rings. The smallest absolute Gasteiger partial charge is 0.224 e. The topological polar surface area (TPSA) is 66.4 Å². The molecule has 0 heterocycles. The van der Waals surface area contributed by atoms with E-state index < -0.39 is 39.9 Å². The van der Waals surface area contributed by atoms with Gasteiger partial charge in [0.25, 0.3) is 0 Å². The van der Waals surface area contributed by atoms with Gasteiger partial charge in [0.1, 0.15) is 30.5 Å². The average molecular weight is 748 g/mol. The zero-order valence-electron chi connectivity index (χ0n) is 28.0. The lowest BCUT2D eigenvalue weighted by Gasteiger charge is -2.56. The number of hydrogen-bond donors (Lipinski definition) is 1. The first-order chi connectivity index (χ1) is 24.8. The molecule has 6 atom stereocenters. The van der Waals surface area contributed by atoms with Crippen LogP contribution in [0.3, 0.4) is 0 Å². The molecule has 0 spiro atoms. The van der Waals surface area contributed by atoms with Gasteiger partial charge >= 0.3 is 0 Å². The van der Waals surface area contributed by atoms with Crippen LogP contribution < -0.4 is 0 Å². The molecule has 1 fully saturated rings. The maximum absolute atomic E-state index is 13.1. The van der Waals surface area contributed by atoms with Crippen molar-refractivity contribution in [2.75, 3.05) is 0 Å². The molecule has 51 heavy (non-hydrogen) atoms. The van der Waals surface area contributed by atoms with E-state index in [4.69, 9.17) is 58.5 Å². The van der Waals surface area contributed by atoms with Crippen LogP contribution in [-0.2, 0) is 56.7 Å². The molecular formula is C42H41Cl3O6. The summed E-state index contributed by atoms with van der Waals surface area (Å²) in [5, 5.41) is 13.1. The normalized spacial score (nSPS) is 23.6. The van der Waals surface area contributed by atoms with Crippen molar-refractivity contribution in [3.63, 3.8) is 0 Å². The predicted molar refractivity (Wildman–Crippen MR) is 200 cm³/mol. The number of halogens is 3. The van der Waals surface area contributed by atoms with E-state index in [9.17, 15) is 5.11 Å². The predicted octanol–water partition coefficient (Wildman–Crippen LogP) is 9.03. The number of alkyl halides is 3.